The first kappa shape index (κ1) is 15.5. The summed E-state index contributed by atoms with van der Waals surface area (Å²) in [5, 5.41) is 2.95. The van der Waals surface area contributed by atoms with E-state index in [1.807, 2.05) is 19.1 Å². The van der Waals surface area contributed by atoms with Gasteiger partial charge in [0.25, 0.3) is 5.91 Å². The van der Waals surface area contributed by atoms with Crippen LogP contribution in [-0.2, 0) is 0 Å². The number of hydrogen-bond donors (Lipinski definition) is 2. The van der Waals surface area contributed by atoms with Crippen LogP contribution < -0.4 is 15.8 Å². The number of nitrogens with two attached hydrogens (primary N) is 1. The topological polar surface area (TPSA) is 64.3 Å². The van der Waals surface area contributed by atoms with Gasteiger partial charge in [0.15, 0.2) is 0 Å². The maximum Gasteiger partial charge on any atom is 0.251 e. The SMILES string of the molecule is CCOc1ccc(C(=O)NCC(CC)CCN)cc1. The van der Waals surface area contributed by atoms with Crippen molar-refractivity contribution in [2.45, 2.75) is 26.7 Å². The molecule has 1 atom stereocenters. The maximum atomic E-state index is 12.0. The van der Waals surface area contributed by atoms with E-state index in [4.69, 9.17) is 10.5 Å². The Balaban J connectivity index is 2.48. The molecule has 1 amide bonds. The molecule has 0 aliphatic heterocycles. The van der Waals surface area contributed by atoms with Gasteiger partial charge in [-0.3, -0.25) is 4.79 Å². The molecule has 19 heavy (non-hydrogen) atoms. The molecule has 106 valence electrons. The molecular formula is C15H24N2O2. The summed E-state index contributed by atoms with van der Waals surface area (Å²) in [6.45, 7) is 6.02. The molecule has 0 saturated heterocycles. The van der Waals surface area contributed by atoms with Crippen molar-refractivity contribution in [3.8, 4) is 5.75 Å². The fraction of sp³-hybridized carbons (Fsp3) is 0.533. The molecule has 4 heteroatoms. The second-order valence-corrected chi connectivity index (χ2v) is 4.52. The van der Waals surface area contributed by atoms with Gasteiger partial charge in [-0.15, -0.1) is 0 Å². The predicted octanol–water partition coefficient (Wildman–Crippen LogP) is 2.19. The number of carbonyl (C=O) groups excluding carboxylic acids is 1. The van der Waals surface area contributed by atoms with E-state index in [1.165, 1.54) is 0 Å². The van der Waals surface area contributed by atoms with Gasteiger partial charge in [-0.1, -0.05) is 13.3 Å². The smallest absolute Gasteiger partial charge is 0.251 e. The van der Waals surface area contributed by atoms with Crippen LogP contribution in [0.25, 0.3) is 0 Å². The van der Waals surface area contributed by atoms with Gasteiger partial charge in [0.05, 0.1) is 6.61 Å². The minimum absolute atomic E-state index is 0.0430. The summed E-state index contributed by atoms with van der Waals surface area (Å²) in [6, 6.07) is 7.19. The van der Waals surface area contributed by atoms with Crippen LogP contribution in [-0.4, -0.2) is 25.6 Å². The van der Waals surface area contributed by atoms with Crippen molar-refractivity contribution >= 4 is 5.91 Å². The Morgan fingerprint density at radius 3 is 2.53 bits per heavy atom. The van der Waals surface area contributed by atoms with Crippen LogP contribution in [0.3, 0.4) is 0 Å². The molecule has 1 aromatic carbocycles. The Bertz CT molecular complexity index is 376. The molecule has 0 aliphatic carbocycles. The molecular weight excluding hydrogens is 240 g/mol. The number of ether oxygens (including phenoxy) is 1. The lowest BCUT2D eigenvalue weighted by Crippen LogP contribution is -2.30. The van der Waals surface area contributed by atoms with Crippen LogP contribution >= 0.6 is 0 Å². The van der Waals surface area contributed by atoms with Crippen molar-refractivity contribution in [2.24, 2.45) is 11.7 Å². The standard InChI is InChI=1S/C15H24N2O2/c1-3-12(9-10-16)11-17-15(18)13-5-7-14(8-6-13)19-4-2/h5-8,12H,3-4,9-11,16H2,1-2H3,(H,17,18). The van der Waals surface area contributed by atoms with Crippen LogP contribution in [0.4, 0.5) is 0 Å². The summed E-state index contributed by atoms with van der Waals surface area (Å²) >= 11 is 0. The third-order valence-corrected chi connectivity index (χ3v) is 3.13. The third-order valence-electron chi connectivity index (χ3n) is 3.13. The highest BCUT2D eigenvalue weighted by Crippen LogP contribution is 2.12. The highest BCUT2D eigenvalue weighted by molar-refractivity contribution is 5.94. The third kappa shape index (κ3) is 5.30. The van der Waals surface area contributed by atoms with Crippen LogP contribution in [0.5, 0.6) is 5.75 Å². The molecule has 0 aromatic heterocycles. The van der Waals surface area contributed by atoms with Crippen LogP contribution in [0.15, 0.2) is 24.3 Å². The van der Waals surface area contributed by atoms with Crippen LogP contribution in [0, 0.1) is 5.92 Å². The lowest BCUT2D eigenvalue weighted by molar-refractivity contribution is 0.0946. The van der Waals surface area contributed by atoms with Gasteiger partial charge in [0.1, 0.15) is 5.75 Å². The summed E-state index contributed by atoms with van der Waals surface area (Å²) in [4.78, 5) is 12.0. The minimum atomic E-state index is -0.0430. The first-order valence-corrected chi connectivity index (χ1v) is 6.92. The van der Waals surface area contributed by atoms with E-state index in [-0.39, 0.29) is 5.91 Å². The number of benzene rings is 1. The highest BCUT2D eigenvalue weighted by Gasteiger charge is 2.09. The molecule has 1 rings (SSSR count). The van der Waals surface area contributed by atoms with E-state index < -0.39 is 0 Å². The molecule has 0 heterocycles. The van der Waals surface area contributed by atoms with E-state index in [0.29, 0.717) is 31.2 Å². The minimum Gasteiger partial charge on any atom is -0.494 e. The molecule has 0 radical (unpaired) electrons. The molecule has 0 spiro atoms. The second kappa shape index (κ2) is 8.53. The van der Waals surface area contributed by atoms with Gasteiger partial charge in [0, 0.05) is 12.1 Å². The van der Waals surface area contributed by atoms with Crippen molar-refractivity contribution in [1.82, 2.24) is 5.32 Å². The van der Waals surface area contributed by atoms with Crippen LogP contribution in [0.2, 0.25) is 0 Å². The maximum absolute atomic E-state index is 12.0. The van der Waals surface area contributed by atoms with E-state index in [0.717, 1.165) is 18.6 Å². The molecule has 1 unspecified atom stereocenters. The Kier molecular flexibility index (Phi) is 6.97. The molecule has 0 bridgehead atoms. The predicted molar refractivity (Wildman–Crippen MR) is 77.4 cm³/mol. The number of amides is 1. The monoisotopic (exact) mass is 264 g/mol. The fourth-order valence-electron chi connectivity index (χ4n) is 1.89. The lowest BCUT2D eigenvalue weighted by atomic mass is 10.0. The van der Waals surface area contributed by atoms with Crippen molar-refractivity contribution in [2.75, 3.05) is 19.7 Å². The summed E-state index contributed by atoms with van der Waals surface area (Å²) in [5.41, 5.74) is 6.20. The van der Waals surface area contributed by atoms with Crippen molar-refractivity contribution in [3.05, 3.63) is 29.8 Å². The normalized spacial score (nSPS) is 11.9. The average Bonchev–Trinajstić information content (AvgIpc) is 2.44. The molecule has 3 N–H and O–H groups in total. The number of nitrogens with one attached hydrogen (secondary N) is 1. The summed E-state index contributed by atoms with van der Waals surface area (Å²) < 4.78 is 5.34. The van der Waals surface area contributed by atoms with Gasteiger partial charge >= 0.3 is 0 Å². The lowest BCUT2D eigenvalue weighted by Gasteiger charge is -2.14. The van der Waals surface area contributed by atoms with Gasteiger partial charge in [-0.2, -0.15) is 0 Å². The second-order valence-electron chi connectivity index (χ2n) is 4.52. The molecule has 4 nitrogen and oxygen atoms in total. The van der Waals surface area contributed by atoms with E-state index in [1.54, 1.807) is 12.1 Å². The average molecular weight is 264 g/mol. The number of carbonyl (C=O) groups is 1. The quantitative estimate of drug-likeness (QED) is 0.756. The fourth-order valence-corrected chi connectivity index (χ4v) is 1.89. The molecule has 0 saturated carbocycles. The van der Waals surface area contributed by atoms with Crippen molar-refractivity contribution in [3.63, 3.8) is 0 Å². The van der Waals surface area contributed by atoms with E-state index in [2.05, 4.69) is 12.2 Å². The van der Waals surface area contributed by atoms with Crippen molar-refractivity contribution in [1.29, 1.82) is 0 Å². The Morgan fingerprint density at radius 1 is 1.32 bits per heavy atom. The zero-order valence-electron chi connectivity index (χ0n) is 11.8. The highest BCUT2D eigenvalue weighted by atomic mass is 16.5. The van der Waals surface area contributed by atoms with Crippen molar-refractivity contribution < 1.29 is 9.53 Å². The van der Waals surface area contributed by atoms with Gasteiger partial charge < -0.3 is 15.8 Å². The molecule has 0 aliphatic rings. The summed E-state index contributed by atoms with van der Waals surface area (Å²) in [5.74, 6) is 1.20. The van der Waals surface area contributed by atoms with Gasteiger partial charge in [-0.05, 0) is 50.1 Å². The zero-order valence-corrected chi connectivity index (χ0v) is 11.8. The Morgan fingerprint density at radius 2 is 2.00 bits per heavy atom. The van der Waals surface area contributed by atoms with Gasteiger partial charge in [0.2, 0.25) is 0 Å². The zero-order chi connectivity index (χ0) is 14.1. The first-order valence-electron chi connectivity index (χ1n) is 6.92. The molecule has 1 aromatic rings. The Hall–Kier alpha value is -1.55. The molecule has 0 fully saturated rings. The number of rotatable bonds is 8. The summed E-state index contributed by atoms with van der Waals surface area (Å²) in [6.07, 6.45) is 1.97. The largest absolute Gasteiger partial charge is 0.494 e. The van der Waals surface area contributed by atoms with E-state index >= 15 is 0 Å². The number of hydrogen-bond acceptors (Lipinski definition) is 3. The van der Waals surface area contributed by atoms with E-state index in [9.17, 15) is 4.79 Å². The summed E-state index contributed by atoms with van der Waals surface area (Å²) in [7, 11) is 0. The van der Waals surface area contributed by atoms with Gasteiger partial charge in [-0.25, -0.2) is 0 Å². The Labute approximate surface area is 115 Å². The van der Waals surface area contributed by atoms with Crippen LogP contribution in [0.1, 0.15) is 37.0 Å². The first-order chi connectivity index (χ1) is 9.21.